The fourth-order valence-electron chi connectivity index (χ4n) is 3.97. The molecule has 0 bridgehead atoms. The van der Waals surface area contributed by atoms with Gasteiger partial charge in [0.15, 0.2) is 5.82 Å². The molecule has 1 fully saturated rings. The molecule has 4 rings (SSSR count). The third-order valence-electron chi connectivity index (χ3n) is 5.65. The van der Waals surface area contributed by atoms with Crippen molar-refractivity contribution in [3.05, 3.63) is 35.5 Å². The summed E-state index contributed by atoms with van der Waals surface area (Å²) in [5.74, 6) is 1.76. The van der Waals surface area contributed by atoms with Crippen molar-refractivity contribution < 1.29 is 9.53 Å². The molecular formula is C22H30N6O2. The van der Waals surface area contributed by atoms with Crippen molar-refractivity contribution in [3.63, 3.8) is 0 Å². The molecule has 0 unspecified atom stereocenters. The molecule has 2 aliphatic heterocycles. The van der Waals surface area contributed by atoms with E-state index < -0.39 is 0 Å². The van der Waals surface area contributed by atoms with Gasteiger partial charge in [-0.2, -0.15) is 0 Å². The SMILES string of the molecule is CCNC(=O)Nc1ccc(-c2nc3c(c(N4CCOC[C@@H]4C)n2)CN(CC)C3)cc1. The molecule has 160 valence electrons. The molecule has 30 heavy (non-hydrogen) atoms. The second-order valence-electron chi connectivity index (χ2n) is 7.78. The Labute approximate surface area is 177 Å². The highest BCUT2D eigenvalue weighted by Crippen LogP contribution is 2.33. The van der Waals surface area contributed by atoms with E-state index in [-0.39, 0.29) is 12.1 Å². The number of anilines is 2. The largest absolute Gasteiger partial charge is 0.377 e. The highest BCUT2D eigenvalue weighted by atomic mass is 16.5. The van der Waals surface area contributed by atoms with Crippen LogP contribution >= 0.6 is 0 Å². The first-order valence-corrected chi connectivity index (χ1v) is 10.7. The van der Waals surface area contributed by atoms with Gasteiger partial charge in [0, 0.05) is 43.0 Å². The zero-order valence-electron chi connectivity index (χ0n) is 17.9. The normalized spacial score (nSPS) is 18.9. The van der Waals surface area contributed by atoms with E-state index in [9.17, 15) is 4.79 Å². The molecule has 0 spiro atoms. The molecule has 3 heterocycles. The van der Waals surface area contributed by atoms with Crippen LogP contribution in [0.4, 0.5) is 16.3 Å². The fraction of sp³-hybridized carbons (Fsp3) is 0.500. The molecule has 2 amide bonds. The van der Waals surface area contributed by atoms with Crippen molar-refractivity contribution in [2.75, 3.05) is 43.1 Å². The van der Waals surface area contributed by atoms with Crippen molar-refractivity contribution in [2.45, 2.75) is 39.9 Å². The van der Waals surface area contributed by atoms with E-state index in [2.05, 4.69) is 34.3 Å². The maximum absolute atomic E-state index is 11.7. The van der Waals surface area contributed by atoms with E-state index in [4.69, 9.17) is 14.7 Å². The van der Waals surface area contributed by atoms with Crippen molar-refractivity contribution >= 4 is 17.5 Å². The molecule has 1 aromatic heterocycles. The highest BCUT2D eigenvalue weighted by molar-refractivity contribution is 5.89. The Kier molecular flexibility index (Phi) is 6.15. The predicted octanol–water partition coefficient (Wildman–Crippen LogP) is 2.85. The molecular weight excluding hydrogens is 380 g/mol. The molecule has 0 aliphatic carbocycles. The third-order valence-corrected chi connectivity index (χ3v) is 5.65. The number of nitrogens with zero attached hydrogens (tertiary/aromatic N) is 4. The first-order chi connectivity index (χ1) is 14.6. The smallest absolute Gasteiger partial charge is 0.319 e. The van der Waals surface area contributed by atoms with Gasteiger partial charge in [-0.05, 0) is 44.7 Å². The Balaban J connectivity index is 1.65. The zero-order valence-corrected chi connectivity index (χ0v) is 17.9. The lowest BCUT2D eigenvalue weighted by Gasteiger charge is -2.35. The molecule has 1 atom stereocenters. The molecule has 8 heteroatoms. The number of carbonyl (C=O) groups excluding carboxylic acids is 1. The number of amides is 2. The number of hydrogen-bond acceptors (Lipinski definition) is 6. The Hall–Kier alpha value is -2.71. The van der Waals surface area contributed by atoms with E-state index >= 15 is 0 Å². The number of fused-ring (bicyclic) bond motifs is 1. The summed E-state index contributed by atoms with van der Waals surface area (Å²) in [4.78, 5) is 26.4. The number of carbonyl (C=O) groups is 1. The average Bonchev–Trinajstić information content (AvgIpc) is 3.18. The van der Waals surface area contributed by atoms with Crippen molar-refractivity contribution in [2.24, 2.45) is 0 Å². The van der Waals surface area contributed by atoms with Gasteiger partial charge < -0.3 is 20.3 Å². The van der Waals surface area contributed by atoms with Gasteiger partial charge in [-0.25, -0.2) is 14.8 Å². The lowest BCUT2D eigenvalue weighted by molar-refractivity contribution is 0.0984. The minimum atomic E-state index is -0.206. The van der Waals surface area contributed by atoms with Crippen LogP contribution in [0.5, 0.6) is 0 Å². The van der Waals surface area contributed by atoms with Gasteiger partial charge in [0.05, 0.1) is 24.9 Å². The van der Waals surface area contributed by atoms with Crippen LogP contribution in [-0.2, 0) is 17.8 Å². The summed E-state index contributed by atoms with van der Waals surface area (Å²) in [6, 6.07) is 7.77. The van der Waals surface area contributed by atoms with E-state index in [1.807, 2.05) is 31.2 Å². The Morgan fingerprint density at radius 1 is 1.20 bits per heavy atom. The maximum atomic E-state index is 11.7. The van der Waals surface area contributed by atoms with Crippen LogP contribution in [0.2, 0.25) is 0 Å². The summed E-state index contributed by atoms with van der Waals surface area (Å²) >= 11 is 0. The standard InChI is InChI=1S/C22H30N6O2/c1-4-23-22(29)24-17-8-6-16(7-9-17)20-25-19-13-27(5-2)12-18(19)21(26-20)28-10-11-30-14-15(28)3/h6-9,15H,4-5,10-14H2,1-3H3,(H2,23,24,29)/t15-/m0/s1. The van der Waals surface area contributed by atoms with E-state index in [1.165, 1.54) is 5.56 Å². The zero-order chi connectivity index (χ0) is 21.1. The van der Waals surface area contributed by atoms with Crippen LogP contribution < -0.4 is 15.5 Å². The summed E-state index contributed by atoms with van der Waals surface area (Å²) in [6.07, 6.45) is 0. The molecule has 2 aromatic rings. The molecule has 2 aliphatic rings. The van der Waals surface area contributed by atoms with Crippen LogP contribution in [0.1, 0.15) is 32.0 Å². The molecule has 0 radical (unpaired) electrons. The molecule has 1 saturated heterocycles. The van der Waals surface area contributed by atoms with Gasteiger partial charge in [-0.15, -0.1) is 0 Å². The summed E-state index contributed by atoms with van der Waals surface area (Å²) in [5, 5.41) is 5.56. The van der Waals surface area contributed by atoms with Crippen molar-refractivity contribution in [1.29, 1.82) is 0 Å². The third kappa shape index (κ3) is 4.24. The number of aromatic nitrogens is 2. The van der Waals surface area contributed by atoms with Gasteiger partial charge >= 0.3 is 6.03 Å². The number of morpholine rings is 1. The topological polar surface area (TPSA) is 82.6 Å². The lowest BCUT2D eigenvalue weighted by atomic mass is 10.1. The summed E-state index contributed by atoms with van der Waals surface area (Å²) in [6.45, 7) is 11.8. The van der Waals surface area contributed by atoms with Gasteiger partial charge in [0.2, 0.25) is 0 Å². The first-order valence-electron chi connectivity index (χ1n) is 10.7. The highest BCUT2D eigenvalue weighted by Gasteiger charge is 2.30. The molecule has 8 nitrogen and oxygen atoms in total. The van der Waals surface area contributed by atoms with Crippen molar-refractivity contribution in [3.8, 4) is 11.4 Å². The molecule has 0 saturated carbocycles. The van der Waals surface area contributed by atoms with Crippen LogP contribution in [0.15, 0.2) is 24.3 Å². The van der Waals surface area contributed by atoms with Crippen LogP contribution in [-0.4, -0.2) is 59.8 Å². The van der Waals surface area contributed by atoms with E-state index in [1.54, 1.807) is 0 Å². The van der Waals surface area contributed by atoms with Gasteiger partial charge in [-0.1, -0.05) is 6.92 Å². The predicted molar refractivity (Wildman–Crippen MR) is 118 cm³/mol. The number of rotatable bonds is 5. The monoisotopic (exact) mass is 410 g/mol. The number of hydrogen-bond donors (Lipinski definition) is 2. The lowest BCUT2D eigenvalue weighted by Crippen LogP contribution is -2.44. The second-order valence-corrected chi connectivity index (χ2v) is 7.78. The van der Waals surface area contributed by atoms with Gasteiger partial charge in [-0.3, -0.25) is 4.90 Å². The first kappa shape index (κ1) is 20.6. The molecule has 1 aromatic carbocycles. The quantitative estimate of drug-likeness (QED) is 0.789. The maximum Gasteiger partial charge on any atom is 0.319 e. The second kappa shape index (κ2) is 8.97. The van der Waals surface area contributed by atoms with Crippen LogP contribution in [0, 0.1) is 0 Å². The number of ether oxygens (including phenoxy) is 1. The summed E-state index contributed by atoms with van der Waals surface area (Å²) in [7, 11) is 0. The minimum Gasteiger partial charge on any atom is -0.377 e. The Bertz CT molecular complexity index is 901. The van der Waals surface area contributed by atoms with E-state index in [0.29, 0.717) is 13.2 Å². The van der Waals surface area contributed by atoms with Crippen molar-refractivity contribution in [1.82, 2.24) is 20.2 Å². The van der Waals surface area contributed by atoms with Crippen LogP contribution in [0.25, 0.3) is 11.4 Å². The van der Waals surface area contributed by atoms with Gasteiger partial charge in [0.1, 0.15) is 5.82 Å². The van der Waals surface area contributed by atoms with Crippen LogP contribution in [0.3, 0.4) is 0 Å². The van der Waals surface area contributed by atoms with E-state index in [0.717, 1.165) is 61.4 Å². The Morgan fingerprint density at radius 2 is 2.00 bits per heavy atom. The summed E-state index contributed by atoms with van der Waals surface area (Å²) in [5.41, 5.74) is 4.03. The minimum absolute atomic E-state index is 0.206. The Morgan fingerprint density at radius 3 is 2.70 bits per heavy atom. The fourth-order valence-corrected chi connectivity index (χ4v) is 3.97. The number of benzene rings is 1. The number of nitrogens with one attached hydrogen (secondary N) is 2. The average molecular weight is 411 g/mol. The van der Waals surface area contributed by atoms with Gasteiger partial charge in [0.25, 0.3) is 0 Å². The summed E-state index contributed by atoms with van der Waals surface area (Å²) < 4.78 is 5.64. The molecule has 2 N–H and O–H groups in total. The number of urea groups is 1.